The first-order chi connectivity index (χ1) is 10.5. The van der Waals surface area contributed by atoms with Gasteiger partial charge in [0.2, 0.25) is 5.91 Å². The van der Waals surface area contributed by atoms with E-state index >= 15 is 0 Å². The summed E-state index contributed by atoms with van der Waals surface area (Å²) in [5.74, 6) is 0.807. The minimum Gasteiger partial charge on any atom is -0.344 e. The molecule has 1 saturated heterocycles. The van der Waals surface area contributed by atoms with E-state index in [0.717, 1.165) is 32.6 Å². The second-order valence-electron chi connectivity index (χ2n) is 6.86. The van der Waals surface area contributed by atoms with Gasteiger partial charge in [0.15, 0.2) is 0 Å². The lowest BCUT2D eigenvalue weighted by molar-refractivity contribution is -0.132. The Morgan fingerprint density at radius 2 is 1.92 bits per heavy atom. The molecular formula is C18H31Cl2N3O. The van der Waals surface area contributed by atoms with Crippen LogP contribution in [0.25, 0.3) is 0 Å². The molecule has 6 heteroatoms. The molecule has 1 aliphatic rings. The van der Waals surface area contributed by atoms with Crippen LogP contribution in [-0.2, 0) is 11.3 Å². The van der Waals surface area contributed by atoms with Gasteiger partial charge in [0.05, 0.1) is 6.04 Å². The van der Waals surface area contributed by atoms with Gasteiger partial charge >= 0.3 is 0 Å². The van der Waals surface area contributed by atoms with Crippen LogP contribution in [0.3, 0.4) is 0 Å². The Labute approximate surface area is 158 Å². The molecule has 2 N–H and O–H groups in total. The van der Waals surface area contributed by atoms with Crippen molar-refractivity contribution in [2.45, 2.75) is 32.9 Å². The molecule has 1 aliphatic heterocycles. The van der Waals surface area contributed by atoms with Crippen molar-refractivity contribution in [2.75, 3.05) is 26.7 Å². The van der Waals surface area contributed by atoms with Gasteiger partial charge < -0.3 is 10.6 Å². The maximum Gasteiger partial charge on any atom is 0.239 e. The minimum absolute atomic E-state index is 0. The van der Waals surface area contributed by atoms with Gasteiger partial charge in [0, 0.05) is 26.7 Å². The third-order valence-corrected chi connectivity index (χ3v) is 4.53. The Morgan fingerprint density at radius 3 is 2.50 bits per heavy atom. The quantitative estimate of drug-likeness (QED) is 0.831. The number of hydrogen-bond acceptors (Lipinski definition) is 3. The molecule has 4 nitrogen and oxygen atoms in total. The average Bonchev–Trinajstić information content (AvgIpc) is 2.93. The molecule has 1 amide bonds. The highest BCUT2D eigenvalue weighted by molar-refractivity contribution is 5.85. The lowest BCUT2D eigenvalue weighted by Gasteiger charge is -2.26. The molecule has 1 aromatic rings. The number of halogens is 2. The summed E-state index contributed by atoms with van der Waals surface area (Å²) < 4.78 is 0. The van der Waals surface area contributed by atoms with Crippen molar-refractivity contribution in [1.82, 2.24) is 9.80 Å². The number of likely N-dealkylation sites (tertiary alicyclic amines) is 1. The monoisotopic (exact) mass is 375 g/mol. The first-order valence-corrected chi connectivity index (χ1v) is 8.24. The number of carbonyl (C=O) groups is 1. The molecule has 0 bridgehead atoms. The van der Waals surface area contributed by atoms with Crippen LogP contribution in [0.2, 0.25) is 0 Å². The molecule has 1 heterocycles. The van der Waals surface area contributed by atoms with E-state index in [4.69, 9.17) is 5.73 Å². The normalized spacial score (nSPS) is 18.6. The molecule has 24 heavy (non-hydrogen) atoms. The molecule has 0 spiro atoms. The van der Waals surface area contributed by atoms with E-state index in [1.807, 2.05) is 25.8 Å². The lowest BCUT2D eigenvalue weighted by Crippen LogP contribution is -2.46. The first kappa shape index (κ1) is 23.2. The smallest absolute Gasteiger partial charge is 0.239 e. The standard InChI is InChI=1S/C18H29N3O.2ClH/c1-14(2)17(19)18(22)20(3)11-16-9-10-21(13-16)12-15-7-5-4-6-8-15;;/h4-8,14,16-17H,9-13,19H2,1-3H3;2*1H. The zero-order chi connectivity index (χ0) is 16.1. The minimum atomic E-state index is -0.383. The Kier molecular flexibility index (Phi) is 10.6. The van der Waals surface area contributed by atoms with Crippen molar-refractivity contribution in [1.29, 1.82) is 0 Å². The van der Waals surface area contributed by atoms with Gasteiger partial charge in [-0.25, -0.2) is 0 Å². The highest BCUT2D eigenvalue weighted by Gasteiger charge is 2.27. The summed E-state index contributed by atoms with van der Waals surface area (Å²) in [5.41, 5.74) is 7.32. The van der Waals surface area contributed by atoms with Crippen LogP contribution in [0.15, 0.2) is 30.3 Å². The fraction of sp³-hybridized carbons (Fsp3) is 0.611. The predicted octanol–water partition coefficient (Wildman–Crippen LogP) is 2.79. The first-order valence-electron chi connectivity index (χ1n) is 8.24. The molecule has 0 aromatic heterocycles. The van der Waals surface area contributed by atoms with Gasteiger partial charge in [-0.15, -0.1) is 24.8 Å². The van der Waals surface area contributed by atoms with Crippen LogP contribution in [-0.4, -0.2) is 48.4 Å². The Morgan fingerprint density at radius 1 is 1.29 bits per heavy atom. The maximum atomic E-state index is 12.2. The summed E-state index contributed by atoms with van der Waals surface area (Å²) in [6.45, 7) is 7.97. The van der Waals surface area contributed by atoms with Crippen LogP contribution in [0.5, 0.6) is 0 Å². The highest BCUT2D eigenvalue weighted by atomic mass is 35.5. The predicted molar refractivity (Wildman–Crippen MR) is 105 cm³/mol. The summed E-state index contributed by atoms with van der Waals surface area (Å²) in [4.78, 5) is 16.5. The van der Waals surface area contributed by atoms with Crippen molar-refractivity contribution in [3.05, 3.63) is 35.9 Å². The van der Waals surface area contributed by atoms with Crippen LogP contribution in [0.1, 0.15) is 25.8 Å². The van der Waals surface area contributed by atoms with E-state index in [1.165, 1.54) is 5.56 Å². The van der Waals surface area contributed by atoms with E-state index < -0.39 is 0 Å². The largest absolute Gasteiger partial charge is 0.344 e. The van der Waals surface area contributed by atoms with Crippen molar-refractivity contribution >= 4 is 30.7 Å². The fourth-order valence-corrected chi connectivity index (χ4v) is 3.06. The number of nitrogens with two attached hydrogens (primary N) is 1. The third-order valence-electron chi connectivity index (χ3n) is 4.53. The van der Waals surface area contributed by atoms with Crippen molar-refractivity contribution in [3.63, 3.8) is 0 Å². The summed E-state index contributed by atoms with van der Waals surface area (Å²) >= 11 is 0. The second-order valence-corrected chi connectivity index (χ2v) is 6.86. The zero-order valence-corrected chi connectivity index (χ0v) is 16.5. The maximum absolute atomic E-state index is 12.2. The van der Waals surface area contributed by atoms with Gasteiger partial charge in [-0.1, -0.05) is 44.2 Å². The van der Waals surface area contributed by atoms with Crippen molar-refractivity contribution < 1.29 is 4.79 Å². The summed E-state index contributed by atoms with van der Waals surface area (Å²) in [7, 11) is 1.88. The lowest BCUT2D eigenvalue weighted by atomic mass is 10.0. The van der Waals surface area contributed by atoms with Gasteiger partial charge in [0.1, 0.15) is 0 Å². The Bertz CT molecular complexity index is 484. The second kappa shape index (κ2) is 10.9. The zero-order valence-electron chi connectivity index (χ0n) is 14.9. The van der Waals surface area contributed by atoms with Gasteiger partial charge in [0.25, 0.3) is 0 Å². The van der Waals surface area contributed by atoms with E-state index in [9.17, 15) is 4.79 Å². The number of benzene rings is 1. The van der Waals surface area contributed by atoms with Gasteiger partial charge in [-0.05, 0) is 30.4 Å². The van der Waals surface area contributed by atoms with E-state index in [-0.39, 0.29) is 42.7 Å². The van der Waals surface area contributed by atoms with E-state index in [2.05, 4.69) is 35.2 Å². The molecule has 2 unspecified atom stereocenters. The molecule has 0 radical (unpaired) electrons. The molecule has 2 atom stereocenters. The highest BCUT2D eigenvalue weighted by Crippen LogP contribution is 2.20. The molecular weight excluding hydrogens is 345 g/mol. The van der Waals surface area contributed by atoms with Crippen molar-refractivity contribution in [2.24, 2.45) is 17.6 Å². The Hall–Kier alpha value is -0.810. The van der Waals surface area contributed by atoms with Crippen LogP contribution in [0.4, 0.5) is 0 Å². The molecule has 2 rings (SSSR count). The number of nitrogens with zero attached hydrogens (tertiary/aromatic N) is 2. The fourth-order valence-electron chi connectivity index (χ4n) is 3.06. The average molecular weight is 376 g/mol. The molecule has 0 aliphatic carbocycles. The van der Waals surface area contributed by atoms with Crippen LogP contribution in [0, 0.1) is 11.8 Å². The molecule has 138 valence electrons. The number of hydrogen-bond donors (Lipinski definition) is 1. The molecule has 1 aromatic carbocycles. The number of rotatable bonds is 6. The van der Waals surface area contributed by atoms with Gasteiger partial charge in [-0.3, -0.25) is 9.69 Å². The third kappa shape index (κ3) is 6.60. The van der Waals surface area contributed by atoms with E-state index in [0.29, 0.717) is 5.92 Å². The molecule has 1 fully saturated rings. The number of likely N-dealkylation sites (N-methyl/N-ethyl adjacent to an activating group) is 1. The van der Waals surface area contributed by atoms with E-state index in [1.54, 1.807) is 0 Å². The molecule has 0 saturated carbocycles. The van der Waals surface area contributed by atoms with Gasteiger partial charge in [-0.2, -0.15) is 0 Å². The number of amides is 1. The summed E-state index contributed by atoms with van der Waals surface area (Å²) in [6, 6.07) is 10.2. The van der Waals surface area contributed by atoms with Crippen molar-refractivity contribution in [3.8, 4) is 0 Å². The Balaban J connectivity index is 0.00000264. The summed E-state index contributed by atoms with van der Waals surface area (Å²) in [5, 5.41) is 0. The van der Waals surface area contributed by atoms with Crippen LogP contribution < -0.4 is 5.73 Å². The SMILES string of the molecule is CC(C)C(N)C(=O)N(C)CC1CCN(Cc2ccccc2)C1.Cl.Cl. The topological polar surface area (TPSA) is 49.6 Å². The number of carbonyl (C=O) groups excluding carboxylic acids is 1. The van der Waals surface area contributed by atoms with Crippen LogP contribution >= 0.6 is 24.8 Å². The summed E-state index contributed by atoms with van der Waals surface area (Å²) in [6.07, 6.45) is 1.15.